The molecule has 1 aliphatic carbocycles. The number of anilines is 1. The highest BCUT2D eigenvalue weighted by molar-refractivity contribution is 7.98. The van der Waals surface area contributed by atoms with Crippen molar-refractivity contribution >= 4 is 69.7 Å². The van der Waals surface area contributed by atoms with E-state index in [2.05, 4.69) is 16.9 Å². The molecule has 182 valence electrons. The highest BCUT2D eigenvalue weighted by Gasteiger charge is 2.41. The average Bonchev–Trinajstić information content (AvgIpc) is 2.76. The lowest BCUT2D eigenvalue weighted by molar-refractivity contribution is -0.139. The minimum Gasteiger partial charge on any atom is -0.480 e. The number of nitrogens with one attached hydrogen (secondary N) is 2. The molecule has 0 spiro atoms. The lowest BCUT2D eigenvalue weighted by Crippen LogP contribution is -2.51. The zero-order chi connectivity index (χ0) is 24.7. The van der Waals surface area contributed by atoms with E-state index in [1.54, 1.807) is 42.5 Å². The lowest BCUT2D eigenvalue weighted by atomic mass is 9.66. The third kappa shape index (κ3) is 6.66. The Labute approximate surface area is 220 Å². The van der Waals surface area contributed by atoms with E-state index in [9.17, 15) is 14.7 Å². The Morgan fingerprint density at radius 1 is 1.15 bits per heavy atom. The Morgan fingerprint density at radius 3 is 2.32 bits per heavy atom. The predicted molar refractivity (Wildman–Crippen MR) is 146 cm³/mol. The number of hydrogen-bond donors (Lipinski definition) is 3. The van der Waals surface area contributed by atoms with E-state index >= 15 is 0 Å². The second-order valence-corrected chi connectivity index (χ2v) is 10.8. The maximum atomic E-state index is 12.6. The van der Waals surface area contributed by atoms with E-state index in [0.717, 1.165) is 43.4 Å². The minimum atomic E-state index is -0.938. The number of aliphatic carboxylic acids is 1. The van der Waals surface area contributed by atoms with Gasteiger partial charge in [-0.3, -0.25) is 4.79 Å². The van der Waals surface area contributed by atoms with E-state index in [4.69, 9.17) is 35.4 Å². The lowest BCUT2D eigenvalue weighted by Gasteiger charge is -2.43. The summed E-state index contributed by atoms with van der Waals surface area (Å²) in [6.07, 6.45) is 7.61. The van der Waals surface area contributed by atoms with Crippen molar-refractivity contribution in [2.75, 3.05) is 17.3 Å². The smallest absolute Gasteiger partial charge is 0.326 e. The van der Waals surface area contributed by atoms with E-state index in [1.165, 1.54) is 0 Å². The Balaban J connectivity index is 1.62. The average molecular weight is 540 g/mol. The molecule has 1 aliphatic rings. The van der Waals surface area contributed by atoms with Crippen LogP contribution in [0.5, 0.6) is 0 Å². The number of benzene rings is 2. The van der Waals surface area contributed by atoms with Crippen LogP contribution in [0.15, 0.2) is 42.5 Å². The second kappa shape index (κ2) is 12.2. The van der Waals surface area contributed by atoms with E-state index < -0.39 is 17.9 Å². The summed E-state index contributed by atoms with van der Waals surface area (Å²) in [6, 6.07) is 11.1. The molecule has 0 heterocycles. The van der Waals surface area contributed by atoms with Gasteiger partial charge in [-0.15, -0.1) is 0 Å². The first-order valence-electron chi connectivity index (χ1n) is 11.1. The summed E-state index contributed by atoms with van der Waals surface area (Å²) in [6.45, 7) is 0. The van der Waals surface area contributed by atoms with E-state index in [0.29, 0.717) is 10.7 Å². The van der Waals surface area contributed by atoms with Crippen molar-refractivity contribution in [2.45, 2.75) is 44.6 Å². The highest BCUT2D eigenvalue weighted by Crippen LogP contribution is 2.46. The summed E-state index contributed by atoms with van der Waals surface area (Å²) in [5, 5.41) is 16.3. The number of carbonyl (C=O) groups excluding carboxylic acids is 1. The first-order valence-corrected chi connectivity index (χ1v) is 13.7. The number of carbonyl (C=O) groups is 2. The molecular weight excluding hydrogens is 511 g/mol. The summed E-state index contributed by atoms with van der Waals surface area (Å²) in [7, 11) is 0. The van der Waals surface area contributed by atoms with Crippen molar-refractivity contribution in [1.82, 2.24) is 5.32 Å². The van der Waals surface area contributed by atoms with Gasteiger partial charge in [0.1, 0.15) is 6.04 Å². The van der Waals surface area contributed by atoms with Crippen LogP contribution in [-0.4, -0.2) is 40.0 Å². The van der Waals surface area contributed by atoms with Crippen LogP contribution in [0.25, 0.3) is 0 Å². The molecule has 0 radical (unpaired) electrons. The molecule has 0 bridgehead atoms. The van der Waals surface area contributed by atoms with Crippen LogP contribution < -0.4 is 10.6 Å². The molecular formula is C25H28Cl2N2O3S2. The summed E-state index contributed by atoms with van der Waals surface area (Å²) >= 11 is 19.7. The first kappa shape index (κ1) is 26.8. The number of thioether (sulfide) groups is 1. The maximum absolute atomic E-state index is 12.6. The van der Waals surface area contributed by atoms with Crippen LogP contribution in [0.3, 0.4) is 0 Å². The Morgan fingerprint density at radius 2 is 1.79 bits per heavy atom. The van der Waals surface area contributed by atoms with Gasteiger partial charge in [-0.25, -0.2) is 4.79 Å². The molecule has 3 N–H and O–H groups in total. The van der Waals surface area contributed by atoms with Crippen molar-refractivity contribution in [3.63, 3.8) is 0 Å². The number of rotatable bonds is 11. The molecule has 0 saturated heterocycles. The van der Waals surface area contributed by atoms with Gasteiger partial charge in [0.15, 0.2) is 0 Å². The molecule has 1 atom stereocenters. The van der Waals surface area contributed by atoms with E-state index in [1.807, 2.05) is 11.8 Å². The fourth-order valence-corrected chi connectivity index (χ4v) is 5.58. The molecule has 1 saturated carbocycles. The normalized spacial score (nSPS) is 15.1. The van der Waals surface area contributed by atoms with Crippen LogP contribution in [-0.2, 0) is 11.2 Å². The predicted octanol–water partition coefficient (Wildman–Crippen LogP) is 6.47. The van der Waals surface area contributed by atoms with Gasteiger partial charge in [-0.1, -0.05) is 60.0 Å². The van der Waals surface area contributed by atoms with Gasteiger partial charge >= 0.3 is 5.97 Å². The van der Waals surface area contributed by atoms with Gasteiger partial charge in [0, 0.05) is 17.5 Å². The summed E-state index contributed by atoms with van der Waals surface area (Å²) in [4.78, 5) is 25.2. The fourth-order valence-electron chi connectivity index (χ4n) is 4.13. The Hall–Kier alpha value is -1.80. The number of carboxylic acid groups (broad SMARTS) is 1. The van der Waals surface area contributed by atoms with Crippen LogP contribution in [0.4, 0.5) is 5.69 Å². The van der Waals surface area contributed by atoms with Gasteiger partial charge in [-0.05, 0) is 67.5 Å². The molecule has 1 amide bonds. The van der Waals surface area contributed by atoms with Crippen molar-refractivity contribution in [1.29, 1.82) is 0 Å². The zero-order valence-corrected chi connectivity index (χ0v) is 22.0. The number of thiocarbonyl (C=S) groups is 1. The second-order valence-electron chi connectivity index (χ2n) is 8.55. The van der Waals surface area contributed by atoms with Crippen LogP contribution in [0.2, 0.25) is 10.0 Å². The minimum absolute atomic E-state index is 0.0626. The number of halogens is 2. The van der Waals surface area contributed by atoms with Gasteiger partial charge in [-0.2, -0.15) is 11.8 Å². The van der Waals surface area contributed by atoms with E-state index in [-0.39, 0.29) is 27.4 Å². The summed E-state index contributed by atoms with van der Waals surface area (Å²) in [5.41, 5.74) is 1.53. The van der Waals surface area contributed by atoms with Gasteiger partial charge in [0.25, 0.3) is 5.91 Å². The number of hydrogen-bond acceptors (Lipinski definition) is 4. The molecule has 5 nitrogen and oxygen atoms in total. The molecule has 34 heavy (non-hydrogen) atoms. The Kier molecular flexibility index (Phi) is 9.65. The topological polar surface area (TPSA) is 78.4 Å². The van der Waals surface area contributed by atoms with Crippen molar-refractivity contribution in [3.8, 4) is 0 Å². The number of carboxylic acids is 1. The first-order chi connectivity index (χ1) is 16.3. The summed E-state index contributed by atoms with van der Waals surface area (Å²) in [5.74, 6) is -0.268. The maximum Gasteiger partial charge on any atom is 0.326 e. The molecule has 0 aliphatic heterocycles. The monoisotopic (exact) mass is 538 g/mol. The molecule has 2 aromatic carbocycles. The fraction of sp³-hybridized carbons (Fsp3) is 0.400. The third-order valence-electron chi connectivity index (χ3n) is 6.24. The molecule has 3 rings (SSSR count). The van der Waals surface area contributed by atoms with Crippen LogP contribution in [0.1, 0.15) is 48.0 Å². The van der Waals surface area contributed by atoms with Gasteiger partial charge in [0.05, 0.1) is 20.6 Å². The molecule has 9 heteroatoms. The van der Waals surface area contributed by atoms with Gasteiger partial charge in [0.2, 0.25) is 0 Å². The highest BCUT2D eigenvalue weighted by atomic mass is 35.5. The molecule has 1 unspecified atom stereocenters. The molecule has 0 aromatic heterocycles. The SMILES string of the molecule is CSCCCC1(C(=S)NC(Cc2ccc(NC(=O)c3c(Cl)cccc3Cl)cc2)C(=O)O)CCC1. The van der Waals surface area contributed by atoms with Crippen molar-refractivity contribution < 1.29 is 14.7 Å². The standard InChI is InChI=1S/C25H28Cl2N2O3S2/c1-34-14-4-13-25(11-3-12-25)24(33)29-20(23(31)32)15-16-7-9-17(10-8-16)28-22(30)21-18(26)5-2-6-19(21)27/h2,5-10,20H,3-4,11-15H2,1H3,(H,28,30)(H,29,33)(H,31,32). The quantitative estimate of drug-likeness (QED) is 0.224. The van der Waals surface area contributed by atoms with Crippen LogP contribution >= 0.6 is 47.2 Å². The third-order valence-corrected chi connectivity index (χ3v) is 8.12. The van der Waals surface area contributed by atoms with Crippen LogP contribution in [0, 0.1) is 5.41 Å². The largest absolute Gasteiger partial charge is 0.480 e. The Bertz CT molecular complexity index is 1020. The summed E-state index contributed by atoms with van der Waals surface area (Å²) < 4.78 is 0. The van der Waals surface area contributed by atoms with Gasteiger partial charge < -0.3 is 15.7 Å². The van der Waals surface area contributed by atoms with Crippen molar-refractivity contribution in [2.24, 2.45) is 5.41 Å². The zero-order valence-electron chi connectivity index (χ0n) is 18.9. The number of amides is 1. The van der Waals surface area contributed by atoms with Crippen molar-refractivity contribution in [3.05, 3.63) is 63.6 Å². The molecule has 1 fully saturated rings. The molecule has 2 aromatic rings.